The maximum Gasteiger partial charge on any atom is 0.410 e. The van der Waals surface area contributed by atoms with Crippen molar-refractivity contribution in [3.63, 3.8) is 0 Å². The van der Waals surface area contributed by atoms with Gasteiger partial charge in [-0.2, -0.15) is 17.5 Å². The number of rotatable bonds is 19. The molecule has 24 heteroatoms. The molecule has 2 aromatic heterocycles. The largest absolute Gasteiger partial charge is 0.497 e. The standard InChI is InChI=1S/C53H57N9O12S3/c1-35-10-24-42(25-11-35)76(67,68)57-51-45(9-8-28-59(51)34-47(54)63)44-26-27-46(75(65,66)43-32-60(33-43)52(64)74-53(2,3)4)49(48(44)50-55-58-62(56-50)31-38-16-22-41(73-7)23-17-38)77(69,70)61(29-36-12-18-39(71-5)19-13-36)30-37-14-20-40(72-6)21-15-37/h8-28,43H,29-34H2,1-7H3,(H2,54,63)/b57-51-. The molecule has 21 nitrogen and oxygen atoms in total. The SMILES string of the molecule is COc1ccc(CN(Cc2ccc(OC)cc2)S(=O)(=O)c2c(S(=O)(=O)C3CN(C(=O)OC(C)(C)C)C3)ccc(-c3cccn(CC(N)=O)/c3=N\S(=O)(=O)c3ccc(C)cc3)c2-c2nnn(Cc3ccc(OC)cc3)n2)cc1. The summed E-state index contributed by atoms with van der Waals surface area (Å²) in [5.74, 6) is 0.301. The number of likely N-dealkylation sites (tertiary alicyclic amines) is 1. The lowest BCUT2D eigenvalue weighted by Crippen LogP contribution is -2.57. The number of aryl methyl sites for hydroxylation is 1. The summed E-state index contributed by atoms with van der Waals surface area (Å²) < 4.78 is 121. The molecule has 1 saturated heterocycles. The molecule has 0 saturated carbocycles. The van der Waals surface area contributed by atoms with Gasteiger partial charge in [0.25, 0.3) is 10.0 Å². The summed E-state index contributed by atoms with van der Waals surface area (Å²) in [6.45, 7) is 4.84. The van der Waals surface area contributed by atoms with Crippen molar-refractivity contribution in [2.45, 2.75) is 79.4 Å². The summed E-state index contributed by atoms with van der Waals surface area (Å²) >= 11 is 0. The van der Waals surface area contributed by atoms with Gasteiger partial charge in [-0.15, -0.1) is 14.6 Å². The van der Waals surface area contributed by atoms with Crippen molar-refractivity contribution >= 4 is 41.9 Å². The number of ether oxygens (including phenoxy) is 4. The van der Waals surface area contributed by atoms with Crippen LogP contribution in [-0.4, -0.2) is 117 Å². The Hall–Kier alpha value is -7.93. The summed E-state index contributed by atoms with van der Waals surface area (Å²) in [5, 5.41) is 12.1. The summed E-state index contributed by atoms with van der Waals surface area (Å²) in [5.41, 5.74) is 6.24. The third kappa shape index (κ3) is 12.5. The van der Waals surface area contributed by atoms with Crippen LogP contribution in [0.1, 0.15) is 43.0 Å². The highest BCUT2D eigenvalue weighted by atomic mass is 32.2. The normalized spacial score (nSPS) is 13.6. The van der Waals surface area contributed by atoms with Crippen molar-refractivity contribution in [3.8, 4) is 39.8 Å². The van der Waals surface area contributed by atoms with Gasteiger partial charge in [-0.25, -0.2) is 21.6 Å². The van der Waals surface area contributed by atoms with Gasteiger partial charge in [-0.05, 0) is 122 Å². The molecular formula is C53H57N9O12S3. The van der Waals surface area contributed by atoms with E-state index in [1.165, 1.54) is 72.1 Å². The number of pyridine rings is 1. The van der Waals surface area contributed by atoms with Gasteiger partial charge in [-0.1, -0.05) is 60.2 Å². The van der Waals surface area contributed by atoms with E-state index in [1.54, 1.807) is 113 Å². The number of tetrazole rings is 1. The van der Waals surface area contributed by atoms with E-state index in [4.69, 9.17) is 29.8 Å². The van der Waals surface area contributed by atoms with E-state index in [0.717, 1.165) is 15.9 Å². The Balaban J connectivity index is 1.45. The smallest absolute Gasteiger partial charge is 0.410 e. The molecule has 8 rings (SSSR count). The fourth-order valence-corrected chi connectivity index (χ4v) is 13.4. The third-order valence-electron chi connectivity index (χ3n) is 12.3. The molecule has 0 atom stereocenters. The lowest BCUT2D eigenvalue weighted by molar-refractivity contribution is -0.118. The molecule has 0 unspecified atom stereocenters. The highest BCUT2D eigenvalue weighted by Crippen LogP contribution is 2.43. The average Bonchev–Trinajstić information content (AvgIpc) is 3.90. The van der Waals surface area contributed by atoms with E-state index in [1.807, 2.05) is 0 Å². The first-order valence-electron chi connectivity index (χ1n) is 23.9. The number of nitrogens with zero attached hydrogens (tertiary/aromatic N) is 8. The number of sulfone groups is 1. The van der Waals surface area contributed by atoms with Crippen LogP contribution in [-0.2, 0) is 65.6 Å². The van der Waals surface area contributed by atoms with E-state index >= 15 is 16.8 Å². The molecule has 3 heterocycles. The van der Waals surface area contributed by atoms with Crippen LogP contribution >= 0.6 is 0 Å². The van der Waals surface area contributed by atoms with Crippen LogP contribution in [0.5, 0.6) is 17.2 Å². The molecule has 2 amide bonds. The second kappa shape index (κ2) is 22.3. The molecular weight excluding hydrogens is 1050 g/mol. The Bertz CT molecular complexity index is 3680. The van der Waals surface area contributed by atoms with Crippen molar-refractivity contribution in [2.24, 2.45) is 10.1 Å². The van der Waals surface area contributed by atoms with Gasteiger partial charge < -0.3 is 34.1 Å². The number of aromatic nitrogens is 5. The first-order valence-corrected chi connectivity index (χ1v) is 28.3. The molecule has 5 aromatic carbocycles. The van der Waals surface area contributed by atoms with Gasteiger partial charge in [0.2, 0.25) is 21.8 Å². The minimum Gasteiger partial charge on any atom is -0.497 e. The fourth-order valence-electron chi connectivity index (χ4n) is 8.34. The second-order valence-corrected chi connectivity index (χ2v) is 24.7. The molecule has 1 aliphatic rings. The van der Waals surface area contributed by atoms with Crippen molar-refractivity contribution in [1.29, 1.82) is 0 Å². The number of sulfonamides is 2. The number of methoxy groups -OCH3 is 3. The number of primary amides is 1. The second-order valence-electron chi connectivity index (χ2n) is 19.0. The number of hydrogen-bond donors (Lipinski definition) is 1. The molecule has 1 fully saturated rings. The highest BCUT2D eigenvalue weighted by molar-refractivity contribution is 7.94. The van der Waals surface area contributed by atoms with Gasteiger partial charge in [0.05, 0.1) is 43.2 Å². The number of carbonyl (C=O) groups is 2. The van der Waals surface area contributed by atoms with Crippen LogP contribution in [0, 0.1) is 6.92 Å². The molecule has 0 radical (unpaired) electrons. The molecule has 77 heavy (non-hydrogen) atoms. The van der Waals surface area contributed by atoms with Gasteiger partial charge in [0.15, 0.2) is 15.3 Å². The maximum atomic E-state index is 16.4. The molecule has 1 aliphatic heterocycles. The van der Waals surface area contributed by atoms with Crippen LogP contribution in [0.4, 0.5) is 4.79 Å². The minimum absolute atomic E-state index is 0.00460. The topological polar surface area (TPSA) is 267 Å². The van der Waals surface area contributed by atoms with Gasteiger partial charge in [0.1, 0.15) is 39.5 Å². The van der Waals surface area contributed by atoms with Crippen molar-refractivity contribution in [3.05, 3.63) is 155 Å². The van der Waals surface area contributed by atoms with Crippen molar-refractivity contribution in [2.75, 3.05) is 34.4 Å². The van der Waals surface area contributed by atoms with E-state index in [-0.39, 0.29) is 60.1 Å². The summed E-state index contributed by atoms with van der Waals surface area (Å²) in [4.78, 5) is 26.6. The zero-order chi connectivity index (χ0) is 55.5. The Morgan fingerprint density at radius 3 is 1.79 bits per heavy atom. The molecule has 404 valence electrons. The first kappa shape index (κ1) is 55.3. The number of amides is 2. The molecule has 7 aromatic rings. The molecule has 0 spiro atoms. The minimum atomic E-state index is -5.18. The Labute approximate surface area is 446 Å². The Morgan fingerprint density at radius 1 is 0.727 bits per heavy atom. The predicted octanol–water partition coefficient (Wildman–Crippen LogP) is 5.75. The van der Waals surface area contributed by atoms with E-state index < -0.39 is 74.6 Å². The summed E-state index contributed by atoms with van der Waals surface area (Å²) in [6.07, 6.45) is 0.608. The van der Waals surface area contributed by atoms with Crippen LogP contribution < -0.4 is 25.4 Å². The van der Waals surface area contributed by atoms with Gasteiger partial charge in [0, 0.05) is 37.9 Å². The lowest BCUT2D eigenvalue weighted by atomic mass is 10.00. The van der Waals surface area contributed by atoms with E-state index in [2.05, 4.69) is 14.7 Å². The van der Waals surface area contributed by atoms with E-state index in [0.29, 0.717) is 33.9 Å². The number of hydrogen-bond acceptors (Lipinski definition) is 15. The van der Waals surface area contributed by atoms with Crippen LogP contribution in [0.3, 0.4) is 0 Å². The Morgan fingerprint density at radius 2 is 1.27 bits per heavy atom. The van der Waals surface area contributed by atoms with Crippen LogP contribution in [0.25, 0.3) is 22.5 Å². The fraction of sp³-hybridized carbons (Fsp3) is 0.283. The number of nitrogens with two attached hydrogens (primary N) is 1. The first-order chi connectivity index (χ1) is 36.5. The number of carbonyl (C=O) groups excluding carboxylic acids is 2. The molecule has 2 N–H and O–H groups in total. The van der Waals surface area contributed by atoms with E-state index in [9.17, 15) is 18.0 Å². The van der Waals surface area contributed by atoms with Gasteiger partial charge >= 0.3 is 6.09 Å². The summed E-state index contributed by atoms with van der Waals surface area (Å²) in [7, 11) is -10.1. The number of benzene rings is 5. The third-order valence-corrected chi connectivity index (χ3v) is 17.8. The van der Waals surface area contributed by atoms with Crippen LogP contribution in [0.15, 0.2) is 147 Å². The maximum absolute atomic E-state index is 16.4. The predicted molar refractivity (Wildman–Crippen MR) is 283 cm³/mol. The Kier molecular flexibility index (Phi) is 16.0. The molecule has 0 bridgehead atoms. The van der Waals surface area contributed by atoms with Crippen LogP contribution in [0.2, 0.25) is 0 Å². The van der Waals surface area contributed by atoms with Crippen molar-refractivity contribution in [1.82, 2.24) is 34.0 Å². The average molecular weight is 1110 g/mol. The molecule has 0 aliphatic carbocycles. The zero-order valence-electron chi connectivity index (χ0n) is 43.2. The monoisotopic (exact) mass is 1110 g/mol. The zero-order valence-corrected chi connectivity index (χ0v) is 45.7. The quantitative estimate of drug-likeness (QED) is 0.101. The summed E-state index contributed by atoms with van der Waals surface area (Å²) in [6, 6.07) is 31.4. The lowest BCUT2D eigenvalue weighted by Gasteiger charge is -2.39. The highest BCUT2D eigenvalue weighted by Gasteiger charge is 2.46. The van der Waals surface area contributed by atoms with Gasteiger partial charge in [-0.3, -0.25) is 4.79 Å². The van der Waals surface area contributed by atoms with Crippen molar-refractivity contribution < 1.29 is 53.8 Å².